The van der Waals surface area contributed by atoms with Crippen molar-refractivity contribution < 1.29 is 9.59 Å². The highest BCUT2D eigenvalue weighted by atomic mass is 32.1. The summed E-state index contributed by atoms with van der Waals surface area (Å²) in [5.41, 5.74) is 1.58. The van der Waals surface area contributed by atoms with Gasteiger partial charge in [0, 0.05) is 11.4 Å². The number of nitrogens with one attached hydrogen (secondary N) is 2. The van der Waals surface area contributed by atoms with Crippen molar-refractivity contribution in [2.24, 2.45) is 0 Å². The van der Waals surface area contributed by atoms with Crippen LogP contribution in [0.3, 0.4) is 0 Å². The summed E-state index contributed by atoms with van der Waals surface area (Å²) in [6, 6.07) is 10.9. The Morgan fingerprint density at radius 1 is 1.11 bits per heavy atom. The summed E-state index contributed by atoms with van der Waals surface area (Å²) in [4.78, 5) is 23.3. The molecule has 0 spiro atoms. The molecule has 1 heterocycles. The third-order valence-electron chi connectivity index (χ3n) is 2.43. The molecule has 1 amide bonds. The lowest BCUT2D eigenvalue weighted by atomic mass is 10.2. The van der Waals surface area contributed by atoms with Crippen molar-refractivity contribution in [1.82, 2.24) is 0 Å². The molecule has 0 unspecified atom stereocenters. The first-order valence-corrected chi connectivity index (χ1v) is 6.71. The highest BCUT2D eigenvalue weighted by molar-refractivity contribution is 7.12. The largest absolute Gasteiger partial charge is 0.378 e. The summed E-state index contributed by atoms with van der Waals surface area (Å²) in [6.45, 7) is 1.84. The Morgan fingerprint density at radius 2 is 1.79 bits per heavy atom. The third-order valence-corrected chi connectivity index (χ3v) is 3.30. The van der Waals surface area contributed by atoms with Gasteiger partial charge in [-0.2, -0.15) is 0 Å². The minimum absolute atomic E-state index is 0.0788. The number of hydrogen-bond donors (Lipinski definition) is 2. The zero-order valence-electron chi connectivity index (χ0n) is 10.5. The molecule has 0 aliphatic heterocycles. The Hall–Kier alpha value is -2.14. The van der Waals surface area contributed by atoms with Gasteiger partial charge in [-0.1, -0.05) is 6.07 Å². The van der Waals surface area contributed by atoms with E-state index >= 15 is 0 Å². The van der Waals surface area contributed by atoms with E-state index in [9.17, 15) is 9.59 Å². The van der Waals surface area contributed by atoms with E-state index in [0.717, 1.165) is 11.4 Å². The van der Waals surface area contributed by atoms with Crippen LogP contribution in [-0.4, -0.2) is 18.2 Å². The minimum Gasteiger partial charge on any atom is -0.378 e. The first-order valence-electron chi connectivity index (χ1n) is 5.83. The van der Waals surface area contributed by atoms with Crippen LogP contribution < -0.4 is 10.6 Å². The number of ketones is 1. The van der Waals surface area contributed by atoms with Gasteiger partial charge in [-0.25, -0.2) is 0 Å². The van der Waals surface area contributed by atoms with Crippen LogP contribution in [0.2, 0.25) is 0 Å². The summed E-state index contributed by atoms with van der Waals surface area (Å²) in [7, 11) is 0. The lowest BCUT2D eigenvalue weighted by Crippen LogP contribution is -2.11. The standard InChI is InChI=1S/C14H14N2O2S/c1-10(17)9-15-11-4-6-12(7-5-11)16-14(18)13-3-2-8-19-13/h2-8,15H,9H2,1H3,(H,16,18). The second kappa shape index (κ2) is 6.15. The van der Waals surface area contributed by atoms with E-state index in [1.165, 1.54) is 18.3 Å². The van der Waals surface area contributed by atoms with Crippen molar-refractivity contribution >= 4 is 34.4 Å². The SMILES string of the molecule is CC(=O)CNc1ccc(NC(=O)c2cccs2)cc1. The number of carbonyl (C=O) groups excluding carboxylic acids is 2. The minimum atomic E-state index is -0.112. The molecule has 0 aliphatic carbocycles. The van der Waals surface area contributed by atoms with Gasteiger partial charge in [0.05, 0.1) is 11.4 Å². The van der Waals surface area contributed by atoms with Crippen LogP contribution in [0.5, 0.6) is 0 Å². The molecule has 1 aromatic carbocycles. The maximum atomic E-state index is 11.8. The highest BCUT2D eigenvalue weighted by Crippen LogP contribution is 2.16. The number of rotatable bonds is 5. The van der Waals surface area contributed by atoms with Crippen LogP contribution in [0, 0.1) is 0 Å². The van der Waals surface area contributed by atoms with Crippen LogP contribution in [0.25, 0.3) is 0 Å². The second-order valence-electron chi connectivity index (χ2n) is 4.06. The molecule has 0 atom stereocenters. The molecule has 0 radical (unpaired) electrons. The van der Waals surface area contributed by atoms with Gasteiger partial charge in [-0.15, -0.1) is 11.3 Å². The molecule has 1 aromatic heterocycles. The Morgan fingerprint density at radius 3 is 2.37 bits per heavy atom. The number of thiophene rings is 1. The second-order valence-corrected chi connectivity index (χ2v) is 5.01. The van der Waals surface area contributed by atoms with Crippen molar-refractivity contribution in [1.29, 1.82) is 0 Å². The lowest BCUT2D eigenvalue weighted by Gasteiger charge is -2.06. The molecule has 2 rings (SSSR count). The first-order chi connectivity index (χ1) is 9.15. The Bertz CT molecular complexity index is 562. The Kier molecular flexibility index (Phi) is 4.30. The van der Waals surface area contributed by atoms with Crippen molar-refractivity contribution in [3.05, 3.63) is 46.7 Å². The predicted molar refractivity (Wildman–Crippen MR) is 77.9 cm³/mol. The zero-order chi connectivity index (χ0) is 13.7. The monoisotopic (exact) mass is 274 g/mol. The molecule has 0 saturated carbocycles. The number of amides is 1. The van der Waals surface area contributed by atoms with Gasteiger partial charge < -0.3 is 10.6 Å². The smallest absolute Gasteiger partial charge is 0.265 e. The molecule has 0 bridgehead atoms. The first kappa shape index (κ1) is 13.3. The molecule has 19 heavy (non-hydrogen) atoms. The fourth-order valence-corrected chi connectivity index (χ4v) is 2.12. The van der Waals surface area contributed by atoms with Gasteiger partial charge >= 0.3 is 0 Å². The number of Topliss-reactive ketones (excluding diaryl/α,β-unsaturated/α-hetero) is 1. The van der Waals surface area contributed by atoms with E-state index in [1.54, 1.807) is 18.2 Å². The van der Waals surface area contributed by atoms with Gasteiger partial charge in [-0.3, -0.25) is 9.59 Å². The molecule has 2 N–H and O–H groups in total. The van der Waals surface area contributed by atoms with Crippen molar-refractivity contribution in [3.63, 3.8) is 0 Å². The van der Waals surface area contributed by atoms with E-state index in [2.05, 4.69) is 10.6 Å². The fraction of sp³-hybridized carbons (Fsp3) is 0.143. The Labute approximate surface area is 115 Å². The molecule has 0 saturated heterocycles. The van der Waals surface area contributed by atoms with Gasteiger partial charge in [0.15, 0.2) is 0 Å². The number of anilines is 2. The van der Waals surface area contributed by atoms with Crippen LogP contribution in [0.1, 0.15) is 16.6 Å². The van der Waals surface area contributed by atoms with Crippen molar-refractivity contribution in [2.75, 3.05) is 17.2 Å². The van der Waals surface area contributed by atoms with E-state index < -0.39 is 0 Å². The van der Waals surface area contributed by atoms with Crippen molar-refractivity contribution in [3.8, 4) is 0 Å². The summed E-state index contributed by atoms with van der Waals surface area (Å²) in [6.07, 6.45) is 0. The zero-order valence-corrected chi connectivity index (χ0v) is 11.3. The summed E-state index contributed by atoms with van der Waals surface area (Å²) in [5, 5.41) is 7.67. The molecule has 5 heteroatoms. The van der Waals surface area contributed by atoms with E-state index in [4.69, 9.17) is 0 Å². The quantitative estimate of drug-likeness (QED) is 0.881. The van der Waals surface area contributed by atoms with Crippen molar-refractivity contribution in [2.45, 2.75) is 6.92 Å². The predicted octanol–water partition coefficient (Wildman–Crippen LogP) is 3.00. The maximum Gasteiger partial charge on any atom is 0.265 e. The Balaban J connectivity index is 1.95. The van der Waals surface area contributed by atoms with Gasteiger partial charge in [0.25, 0.3) is 5.91 Å². The maximum absolute atomic E-state index is 11.8. The van der Waals surface area contributed by atoms with E-state index in [1.807, 2.05) is 23.6 Å². The summed E-state index contributed by atoms with van der Waals surface area (Å²) in [5.74, 6) is -0.0329. The molecular formula is C14H14N2O2S. The van der Waals surface area contributed by atoms with Gasteiger partial charge in [0.1, 0.15) is 5.78 Å². The lowest BCUT2D eigenvalue weighted by molar-refractivity contribution is -0.115. The molecule has 0 aliphatic rings. The van der Waals surface area contributed by atoms with Crippen LogP contribution in [0.4, 0.5) is 11.4 Å². The molecule has 0 fully saturated rings. The normalized spacial score (nSPS) is 9.95. The number of carbonyl (C=O) groups is 2. The van der Waals surface area contributed by atoms with Gasteiger partial charge in [-0.05, 0) is 42.6 Å². The number of hydrogen-bond acceptors (Lipinski definition) is 4. The average molecular weight is 274 g/mol. The van der Waals surface area contributed by atoms with E-state index in [-0.39, 0.29) is 11.7 Å². The van der Waals surface area contributed by atoms with Gasteiger partial charge in [0.2, 0.25) is 0 Å². The topological polar surface area (TPSA) is 58.2 Å². The molecule has 98 valence electrons. The van der Waals surface area contributed by atoms with E-state index in [0.29, 0.717) is 11.4 Å². The average Bonchev–Trinajstić information content (AvgIpc) is 2.92. The molecule has 4 nitrogen and oxygen atoms in total. The summed E-state index contributed by atoms with van der Waals surface area (Å²) >= 11 is 1.40. The highest BCUT2D eigenvalue weighted by Gasteiger charge is 2.06. The van der Waals surface area contributed by atoms with Crippen LogP contribution in [-0.2, 0) is 4.79 Å². The number of benzene rings is 1. The van der Waals surface area contributed by atoms with Crippen LogP contribution in [0.15, 0.2) is 41.8 Å². The summed E-state index contributed by atoms with van der Waals surface area (Å²) < 4.78 is 0. The molecular weight excluding hydrogens is 260 g/mol. The third kappa shape index (κ3) is 3.93. The molecule has 2 aromatic rings. The fourth-order valence-electron chi connectivity index (χ4n) is 1.50. The van der Waals surface area contributed by atoms with Crippen LogP contribution >= 0.6 is 11.3 Å².